The van der Waals surface area contributed by atoms with E-state index in [1.54, 1.807) is 23.3 Å². The molecular formula is C20H31N3O4. The third kappa shape index (κ3) is 7.09. The first-order valence-corrected chi connectivity index (χ1v) is 9.69. The van der Waals surface area contributed by atoms with E-state index in [-0.39, 0.29) is 24.6 Å². The number of rotatable bonds is 11. The van der Waals surface area contributed by atoms with E-state index in [9.17, 15) is 9.59 Å². The standard InChI is InChI=1S/C20H31N3O4/c1-3-5-10-21-20(25)22(11-4-2)16-19(24)23(14-17-8-6-12-26-17)15-18-9-7-13-27-18/h4,6,8,12,18H,2-3,5,7,9-11,13-16H2,1H3,(H,21,25)/t18-/m0/s1. The second-order valence-electron chi connectivity index (χ2n) is 6.74. The molecular weight excluding hydrogens is 346 g/mol. The summed E-state index contributed by atoms with van der Waals surface area (Å²) in [7, 11) is 0. The third-order valence-corrected chi connectivity index (χ3v) is 4.50. The molecule has 0 bridgehead atoms. The van der Waals surface area contributed by atoms with E-state index in [1.807, 2.05) is 6.07 Å². The summed E-state index contributed by atoms with van der Waals surface area (Å²) < 4.78 is 11.1. The lowest BCUT2D eigenvalue weighted by molar-refractivity contribution is -0.134. The van der Waals surface area contributed by atoms with Crippen molar-refractivity contribution in [2.75, 3.05) is 32.8 Å². The highest BCUT2D eigenvalue weighted by Crippen LogP contribution is 2.16. The van der Waals surface area contributed by atoms with Crippen LogP contribution in [-0.4, -0.2) is 60.6 Å². The van der Waals surface area contributed by atoms with Crippen LogP contribution in [0, 0.1) is 0 Å². The van der Waals surface area contributed by atoms with Gasteiger partial charge in [0.25, 0.3) is 0 Å². The number of hydrogen-bond acceptors (Lipinski definition) is 4. The van der Waals surface area contributed by atoms with E-state index in [4.69, 9.17) is 9.15 Å². The Balaban J connectivity index is 1.99. The topological polar surface area (TPSA) is 75.0 Å². The summed E-state index contributed by atoms with van der Waals surface area (Å²) in [6.07, 6.45) is 7.12. The Morgan fingerprint density at radius 3 is 2.89 bits per heavy atom. The van der Waals surface area contributed by atoms with Gasteiger partial charge in [-0.1, -0.05) is 19.4 Å². The van der Waals surface area contributed by atoms with Crippen LogP contribution in [0.25, 0.3) is 0 Å². The van der Waals surface area contributed by atoms with Gasteiger partial charge in [0.05, 0.1) is 18.9 Å². The molecule has 1 aromatic heterocycles. The molecule has 1 aromatic rings. The minimum absolute atomic E-state index is 0.00257. The van der Waals surface area contributed by atoms with Crippen LogP contribution in [0.2, 0.25) is 0 Å². The van der Waals surface area contributed by atoms with Gasteiger partial charge in [0.15, 0.2) is 0 Å². The SMILES string of the molecule is C=CCN(CC(=O)N(Cc1ccco1)C[C@@H]1CCCO1)C(=O)NCCCC. The molecule has 1 fully saturated rings. The Morgan fingerprint density at radius 1 is 1.41 bits per heavy atom. The van der Waals surface area contributed by atoms with Crippen LogP contribution >= 0.6 is 0 Å². The fraction of sp³-hybridized carbons (Fsp3) is 0.600. The lowest BCUT2D eigenvalue weighted by Crippen LogP contribution is -2.48. The van der Waals surface area contributed by atoms with Crippen molar-refractivity contribution in [3.05, 3.63) is 36.8 Å². The van der Waals surface area contributed by atoms with Crippen LogP contribution in [0.1, 0.15) is 38.4 Å². The molecule has 2 rings (SSSR count). The fourth-order valence-electron chi connectivity index (χ4n) is 3.00. The number of ether oxygens (including phenoxy) is 1. The van der Waals surface area contributed by atoms with Crippen molar-refractivity contribution in [2.24, 2.45) is 0 Å². The smallest absolute Gasteiger partial charge is 0.318 e. The number of furan rings is 1. The number of nitrogens with zero attached hydrogens (tertiary/aromatic N) is 2. The summed E-state index contributed by atoms with van der Waals surface area (Å²) in [5.41, 5.74) is 0. The van der Waals surface area contributed by atoms with E-state index in [1.165, 1.54) is 4.90 Å². The molecule has 1 aliphatic rings. The molecule has 2 heterocycles. The van der Waals surface area contributed by atoms with Crippen molar-refractivity contribution >= 4 is 11.9 Å². The van der Waals surface area contributed by atoms with Gasteiger partial charge < -0.3 is 24.3 Å². The van der Waals surface area contributed by atoms with Gasteiger partial charge in [0.1, 0.15) is 12.3 Å². The lowest BCUT2D eigenvalue weighted by Gasteiger charge is -2.28. The maximum atomic E-state index is 12.9. The van der Waals surface area contributed by atoms with E-state index in [2.05, 4.69) is 18.8 Å². The summed E-state index contributed by atoms with van der Waals surface area (Å²) in [6, 6.07) is 3.40. The molecule has 0 spiro atoms. The van der Waals surface area contributed by atoms with Gasteiger partial charge in [-0.05, 0) is 31.4 Å². The molecule has 150 valence electrons. The number of hydrogen-bond donors (Lipinski definition) is 1. The van der Waals surface area contributed by atoms with Gasteiger partial charge in [0.2, 0.25) is 5.91 Å². The van der Waals surface area contributed by atoms with Gasteiger partial charge >= 0.3 is 6.03 Å². The Labute approximate surface area is 161 Å². The highest BCUT2D eigenvalue weighted by atomic mass is 16.5. The van der Waals surface area contributed by atoms with Crippen molar-refractivity contribution in [1.82, 2.24) is 15.1 Å². The zero-order valence-electron chi connectivity index (χ0n) is 16.2. The first-order valence-electron chi connectivity index (χ1n) is 9.69. The average Bonchev–Trinajstić information content (AvgIpc) is 3.35. The number of carbonyl (C=O) groups excluding carboxylic acids is 2. The molecule has 1 aliphatic heterocycles. The quantitative estimate of drug-likeness (QED) is 0.475. The normalized spacial score (nSPS) is 16.1. The molecule has 7 nitrogen and oxygen atoms in total. The average molecular weight is 377 g/mol. The Kier molecular flexibility index (Phi) is 8.91. The number of unbranched alkanes of at least 4 members (excludes halogenated alkanes) is 1. The van der Waals surface area contributed by atoms with Crippen molar-refractivity contribution < 1.29 is 18.7 Å². The summed E-state index contributed by atoms with van der Waals surface area (Å²) in [6.45, 7) is 8.27. The van der Waals surface area contributed by atoms with Gasteiger partial charge in [-0.15, -0.1) is 6.58 Å². The van der Waals surface area contributed by atoms with E-state index < -0.39 is 0 Å². The highest BCUT2D eigenvalue weighted by molar-refractivity contribution is 5.84. The first-order chi connectivity index (χ1) is 13.1. The molecule has 0 unspecified atom stereocenters. The van der Waals surface area contributed by atoms with Crippen molar-refractivity contribution in [3.63, 3.8) is 0 Å². The summed E-state index contributed by atoms with van der Waals surface area (Å²) in [5.74, 6) is 0.582. The molecule has 1 saturated heterocycles. The minimum Gasteiger partial charge on any atom is -0.467 e. The van der Waals surface area contributed by atoms with Crippen molar-refractivity contribution in [3.8, 4) is 0 Å². The summed E-state index contributed by atoms with van der Waals surface area (Å²) in [4.78, 5) is 28.5. The third-order valence-electron chi connectivity index (χ3n) is 4.50. The van der Waals surface area contributed by atoms with Gasteiger partial charge in [0, 0.05) is 26.2 Å². The number of amides is 3. The number of urea groups is 1. The molecule has 1 atom stereocenters. The Hall–Kier alpha value is -2.28. The molecule has 0 radical (unpaired) electrons. The Bertz CT molecular complexity index is 582. The van der Waals surface area contributed by atoms with Crippen LogP contribution in [-0.2, 0) is 16.1 Å². The van der Waals surface area contributed by atoms with Crippen molar-refractivity contribution in [1.29, 1.82) is 0 Å². The summed E-state index contributed by atoms with van der Waals surface area (Å²) >= 11 is 0. The Morgan fingerprint density at radius 2 is 2.26 bits per heavy atom. The van der Waals surface area contributed by atoms with E-state index in [0.717, 1.165) is 32.3 Å². The first kappa shape index (κ1) is 21.0. The maximum absolute atomic E-state index is 12.9. The fourth-order valence-corrected chi connectivity index (χ4v) is 3.00. The number of carbonyl (C=O) groups is 2. The van der Waals surface area contributed by atoms with Gasteiger partial charge in [-0.3, -0.25) is 4.79 Å². The van der Waals surface area contributed by atoms with Gasteiger partial charge in [-0.25, -0.2) is 4.79 Å². The largest absolute Gasteiger partial charge is 0.467 e. The molecule has 3 amide bonds. The second kappa shape index (κ2) is 11.4. The zero-order valence-corrected chi connectivity index (χ0v) is 16.2. The minimum atomic E-state index is -0.244. The van der Waals surface area contributed by atoms with Crippen LogP contribution < -0.4 is 5.32 Å². The molecule has 27 heavy (non-hydrogen) atoms. The summed E-state index contributed by atoms with van der Waals surface area (Å²) in [5, 5.41) is 2.86. The van der Waals surface area contributed by atoms with Crippen LogP contribution in [0.3, 0.4) is 0 Å². The van der Waals surface area contributed by atoms with Crippen LogP contribution in [0.4, 0.5) is 4.79 Å². The van der Waals surface area contributed by atoms with Gasteiger partial charge in [-0.2, -0.15) is 0 Å². The number of nitrogens with one attached hydrogen (secondary N) is 1. The molecule has 1 N–H and O–H groups in total. The molecule has 0 aromatic carbocycles. The zero-order chi connectivity index (χ0) is 19.5. The van der Waals surface area contributed by atoms with Crippen LogP contribution in [0.5, 0.6) is 0 Å². The predicted octanol–water partition coefficient (Wildman–Crippen LogP) is 2.78. The molecule has 0 aliphatic carbocycles. The molecule has 7 heteroatoms. The highest BCUT2D eigenvalue weighted by Gasteiger charge is 2.25. The maximum Gasteiger partial charge on any atom is 0.318 e. The molecule has 0 saturated carbocycles. The predicted molar refractivity (Wildman–Crippen MR) is 103 cm³/mol. The van der Waals surface area contributed by atoms with Crippen molar-refractivity contribution in [2.45, 2.75) is 45.3 Å². The van der Waals surface area contributed by atoms with Crippen LogP contribution in [0.15, 0.2) is 35.5 Å². The van der Waals surface area contributed by atoms with E-state index in [0.29, 0.717) is 31.9 Å². The van der Waals surface area contributed by atoms with E-state index >= 15 is 0 Å². The lowest BCUT2D eigenvalue weighted by atomic mass is 10.2. The monoisotopic (exact) mass is 377 g/mol. The second-order valence-corrected chi connectivity index (χ2v) is 6.74.